The standard InChI is InChI=1S/C12H17N3/c13-12(10-7-14-5-6-15-10)11-8-3-1-2-4-9(8)11/h5-9,11-12H,1-4,13H2. The van der Waals surface area contributed by atoms with E-state index >= 15 is 0 Å². The molecule has 1 heterocycles. The van der Waals surface area contributed by atoms with Crippen molar-refractivity contribution in [2.45, 2.75) is 31.7 Å². The third kappa shape index (κ3) is 1.55. The van der Waals surface area contributed by atoms with E-state index in [9.17, 15) is 0 Å². The quantitative estimate of drug-likeness (QED) is 0.798. The molecule has 0 radical (unpaired) electrons. The second kappa shape index (κ2) is 3.56. The van der Waals surface area contributed by atoms with Crippen LogP contribution < -0.4 is 5.73 Å². The van der Waals surface area contributed by atoms with Crippen molar-refractivity contribution in [3.05, 3.63) is 24.3 Å². The molecule has 3 atom stereocenters. The van der Waals surface area contributed by atoms with Gasteiger partial charge in [0, 0.05) is 18.6 Å². The highest BCUT2D eigenvalue weighted by Gasteiger charge is 2.53. The molecule has 0 amide bonds. The molecule has 3 nitrogen and oxygen atoms in total. The molecule has 0 spiro atoms. The lowest BCUT2D eigenvalue weighted by Crippen LogP contribution is -2.16. The molecule has 2 aliphatic carbocycles. The molecular formula is C12H17N3. The zero-order valence-electron chi connectivity index (χ0n) is 8.84. The van der Waals surface area contributed by atoms with Crippen LogP contribution in [0.1, 0.15) is 37.4 Å². The van der Waals surface area contributed by atoms with Crippen LogP contribution in [0.25, 0.3) is 0 Å². The fourth-order valence-corrected chi connectivity index (χ4v) is 3.26. The molecule has 3 rings (SSSR count). The van der Waals surface area contributed by atoms with Gasteiger partial charge >= 0.3 is 0 Å². The molecule has 0 bridgehead atoms. The molecule has 80 valence electrons. The largest absolute Gasteiger partial charge is 0.322 e. The summed E-state index contributed by atoms with van der Waals surface area (Å²) in [6.07, 6.45) is 10.8. The highest BCUT2D eigenvalue weighted by molar-refractivity contribution is 5.12. The number of fused-ring (bicyclic) bond motifs is 1. The van der Waals surface area contributed by atoms with Crippen molar-refractivity contribution in [2.75, 3.05) is 0 Å². The second-order valence-corrected chi connectivity index (χ2v) is 4.85. The van der Waals surface area contributed by atoms with Gasteiger partial charge in [0.2, 0.25) is 0 Å². The van der Waals surface area contributed by atoms with Gasteiger partial charge in [-0.25, -0.2) is 0 Å². The molecule has 15 heavy (non-hydrogen) atoms. The summed E-state index contributed by atoms with van der Waals surface area (Å²) >= 11 is 0. The van der Waals surface area contributed by atoms with Crippen molar-refractivity contribution >= 4 is 0 Å². The van der Waals surface area contributed by atoms with Crippen LogP contribution >= 0.6 is 0 Å². The van der Waals surface area contributed by atoms with Gasteiger partial charge in [0.15, 0.2) is 0 Å². The van der Waals surface area contributed by atoms with Gasteiger partial charge in [-0.1, -0.05) is 12.8 Å². The van der Waals surface area contributed by atoms with Crippen LogP contribution in [0.2, 0.25) is 0 Å². The topological polar surface area (TPSA) is 51.8 Å². The predicted molar refractivity (Wildman–Crippen MR) is 57.9 cm³/mol. The maximum atomic E-state index is 6.26. The first-order chi connectivity index (χ1) is 7.38. The molecule has 3 unspecified atom stereocenters. The number of aromatic nitrogens is 2. The number of hydrogen-bond acceptors (Lipinski definition) is 3. The zero-order chi connectivity index (χ0) is 10.3. The molecule has 0 aliphatic heterocycles. The van der Waals surface area contributed by atoms with Crippen molar-refractivity contribution in [3.63, 3.8) is 0 Å². The highest BCUT2D eigenvalue weighted by atomic mass is 14.8. The van der Waals surface area contributed by atoms with Crippen LogP contribution in [-0.2, 0) is 0 Å². The number of rotatable bonds is 2. The van der Waals surface area contributed by atoms with Gasteiger partial charge in [0.1, 0.15) is 0 Å². The number of hydrogen-bond donors (Lipinski definition) is 1. The van der Waals surface area contributed by atoms with Gasteiger partial charge < -0.3 is 5.73 Å². The minimum absolute atomic E-state index is 0.117. The normalized spacial score (nSPS) is 35.7. The van der Waals surface area contributed by atoms with Crippen molar-refractivity contribution in [1.29, 1.82) is 0 Å². The third-order valence-corrected chi connectivity index (χ3v) is 4.06. The molecular weight excluding hydrogens is 186 g/mol. The van der Waals surface area contributed by atoms with Crippen molar-refractivity contribution in [3.8, 4) is 0 Å². The summed E-state index contributed by atoms with van der Waals surface area (Å²) in [6.45, 7) is 0. The van der Waals surface area contributed by atoms with Gasteiger partial charge in [-0.05, 0) is 30.6 Å². The lowest BCUT2D eigenvalue weighted by atomic mass is 10.0. The van der Waals surface area contributed by atoms with Gasteiger partial charge in [0.25, 0.3) is 0 Å². The van der Waals surface area contributed by atoms with Crippen LogP contribution in [0.15, 0.2) is 18.6 Å². The van der Waals surface area contributed by atoms with Crippen LogP contribution in [0, 0.1) is 17.8 Å². The fourth-order valence-electron chi connectivity index (χ4n) is 3.26. The van der Waals surface area contributed by atoms with Crippen LogP contribution in [0.3, 0.4) is 0 Å². The highest BCUT2D eigenvalue weighted by Crippen LogP contribution is 2.59. The monoisotopic (exact) mass is 203 g/mol. The SMILES string of the molecule is NC(c1cnccn1)C1C2CCCCC21. The molecule has 3 heteroatoms. The Kier molecular flexibility index (Phi) is 2.20. The molecule has 0 saturated heterocycles. The fraction of sp³-hybridized carbons (Fsp3) is 0.667. The molecule has 2 fully saturated rings. The summed E-state index contributed by atoms with van der Waals surface area (Å²) in [5.74, 6) is 2.45. The Balaban J connectivity index is 1.74. The summed E-state index contributed by atoms with van der Waals surface area (Å²) in [5.41, 5.74) is 7.23. The zero-order valence-corrected chi connectivity index (χ0v) is 8.84. The first-order valence-electron chi connectivity index (χ1n) is 5.89. The van der Waals surface area contributed by atoms with Gasteiger partial charge in [0.05, 0.1) is 11.7 Å². The summed E-state index contributed by atoms with van der Waals surface area (Å²) in [6, 6.07) is 0.117. The molecule has 1 aromatic rings. The first-order valence-corrected chi connectivity index (χ1v) is 5.89. The Labute approximate surface area is 90.1 Å². The van der Waals surface area contributed by atoms with E-state index in [-0.39, 0.29) is 6.04 Å². The third-order valence-electron chi connectivity index (χ3n) is 4.06. The van der Waals surface area contributed by atoms with E-state index in [0.29, 0.717) is 5.92 Å². The average Bonchev–Trinajstić information content (AvgIpc) is 3.03. The maximum Gasteiger partial charge on any atom is 0.0756 e. The van der Waals surface area contributed by atoms with E-state index in [4.69, 9.17) is 5.73 Å². The molecule has 2 aliphatic rings. The van der Waals surface area contributed by atoms with E-state index in [2.05, 4.69) is 9.97 Å². The summed E-state index contributed by atoms with van der Waals surface area (Å²) < 4.78 is 0. The van der Waals surface area contributed by atoms with E-state index < -0.39 is 0 Å². The number of nitrogens with zero attached hydrogens (tertiary/aromatic N) is 2. The van der Waals surface area contributed by atoms with E-state index in [0.717, 1.165) is 17.5 Å². The van der Waals surface area contributed by atoms with Gasteiger partial charge in [-0.3, -0.25) is 9.97 Å². The van der Waals surface area contributed by atoms with Crippen LogP contribution in [0.5, 0.6) is 0 Å². The average molecular weight is 203 g/mol. The van der Waals surface area contributed by atoms with Crippen molar-refractivity contribution in [1.82, 2.24) is 9.97 Å². The summed E-state index contributed by atoms with van der Waals surface area (Å²) in [5, 5.41) is 0. The molecule has 2 N–H and O–H groups in total. The maximum absolute atomic E-state index is 6.26. The predicted octanol–water partition coefficient (Wildman–Crippen LogP) is 1.91. The lowest BCUT2D eigenvalue weighted by Gasteiger charge is -2.09. The van der Waals surface area contributed by atoms with E-state index in [1.807, 2.05) is 6.20 Å². The Morgan fingerprint density at radius 2 is 1.93 bits per heavy atom. The lowest BCUT2D eigenvalue weighted by molar-refractivity contribution is 0.480. The molecule has 0 aromatic carbocycles. The Morgan fingerprint density at radius 3 is 2.53 bits per heavy atom. The first kappa shape index (κ1) is 9.28. The minimum Gasteiger partial charge on any atom is -0.322 e. The van der Waals surface area contributed by atoms with Crippen LogP contribution in [-0.4, -0.2) is 9.97 Å². The Bertz CT molecular complexity index is 326. The summed E-state index contributed by atoms with van der Waals surface area (Å²) in [7, 11) is 0. The Hall–Kier alpha value is -0.960. The van der Waals surface area contributed by atoms with Gasteiger partial charge in [-0.15, -0.1) is 0 Å². The smallest absolute Gasteiger partial charge is 0.0756 e. The minimum atomic E-state index is 0.117. The van der Waals surface area contributed by atoms with Gasteiger partial charge in [-0.2, -0.15) is 0 Å². The molecule has 1 aromatic heterocycles. The van der Waals surface area contributed by atoms with E-state index in [1.165, 1.54) is 25.7 Å². The van der Waals surface area contributed by atoms with Crippen molar-refractivity contribution < 1.29 is 0 Å². The van der Waals surface area contributed by atoms with Crippen LogP contribution in [0.4, 0.5) is 0 Å². The number of nitrogens with two attached hydrogens (primary N) is 1. The summed E-state index contributed by atoms with van der Waals surface area (Å²) in [4.78, 5) is 8.40. The molecule has 2 saturated carbocycles. The van der Waals surface area contributed by atoms with Crippen molar-refractivity contribution in [2.24, 2.45) is 23.5 Å². The Morgan fingerprint density at radius 1 is 1.20 bits per heavy atom. The van der Waals surface area contributed by atoms with E-state index in [1.54, 1.807) is 12.4 Å². The second-order valence-electron chi connectivity index (χ2n) is 4.85.